The third kappa shape index (κ3) is 4.23. The highest BCUT2D eigenvalue weighted by Gasteiger charge is 2.19. The average molecular weight is 304 g/mol. The maximum atomic E-state index is 13.6. The molecule has 0 saturated carbocycles. The van der Waals surface area contributed by atoms with Gasteiger partial charge in [-0.3, -0.25) is 4.79 Å². The Labute approximate surface area is 127 Å². The molecule has 0 heterocycles. The Kier molecular flexibility index (Phi) is 5.22. The molecule has 110 valence electrons. The third-order valence-corrected chi connectivity index (χ3v) is 4.33. The van der Waals surface area contributed by atoms with E-state index < -0.39 is 5.82 Å². The number of hydrogen-bond donors (Lipinski definition) is 2. The monoisotopic (exact) mass is 304 g/mol. The molecule has 0 fully saturated rings. The van der Waals surface area contributed by atoms with Crippen LogP contribution in [-0.2, 0) is 4.79 Å². The summed E-state index contributed by atoms with van der Waals surface area (Å²) in [5.74, 6) is -0.636. The number of benzene rings is 2. The molecule has 2 aromatic carbocycles. The van der Waals surface area contributed by atoms with Crippen molar-refractivity contribution in [3.05, 3.63) is 54.3 Å². The zero-order valence-electron chi connectivity index (χ0n) is 11.7. The molecule has 1 amide bonds. The second kappa shape index (κ2) is 7.13. The van der Waals surface area contributed by atoms with Crippen LogP contribution < -0.4 is 11.1 Å². The average Bonchev–Trinajstić information content (AvgIpc) is 2.49. The molecule has 0 radical (unpaired) electrons. The lowest BCUT2D eigenvalue weighted by molar-refractivity contribution is -0.115. The number of nitrogens with one attached hydrogen (secondary N) is 1. The Hall–Kier alpha value is -2.01. The fourth-order valence-electron chi connectivity index (χ4n) is 1.81. The van der Waals surface area contributed by atoms with Crippen molar-refractivity contribution in [2.45, 2.75) is 23.5 Å². The first kappa shape index (κ1) is 15.4. The summed E-state index contributed by atoms with van der Waals surface area (Å²) in [7, 11) is 0. The zero-order chi connectivity index (χ0) is 15.2. The van der Waals surface area contributed by atoms with Crippen molar-refractivity contribution < 1.29 is 9.18 Å². The lowest BCUT2D eigenvalue weighted by atomic mass is 10.2. The van der Waals surface area contributed by atoms with Gasteiger partial charge in [-0.25, -0.2) is 4.39 Å². The molecule has 0 bridgehead atoms. The fourth-order valence-corrected chi connectivity index (χ4v) is 2.76. The van der Waals surface area contributed by atoms with E-state index in [0.717, 1.165) is 4.90 Å². The van der Waals surface area contributed by atoms with Gasteiger partial charge in [-0.2, -0.15) is 0 Å². The first-order valence-corrected chi connectivity index (χ1v) is 7.55. The number of nitrogens with two attached hydrogens (primary N) is 1. The maximum absolute atomic E-state index is 13.6. The summed E-state index contributed by atoms with van der Waals surface area (Å²) < 4.78 is 13.6. The van der Waals surface area contributed by atoms with Crippen LogP contribution in [0.25, 0.3) is 0 Å². The van der Waals surface area contributed by atoms with E-state index in [0.29, 0.717) is 12.1 Å². The Morgan fingerprint density at radius 2 is 1.90 bits per heavy atom. The van der Waals surface area contributed by atoms with Gasteiger partial charge >= 0.3 is 0 Å². The van der Waals surface area contributed by atoms with Crippen LogP contribution in [0.4, 0.5) is 15.8 Å². The molecule has 3 nitrogen and oxygen atoms in total. The number of halogens is 1. The van der Waals surface area contributed by atoms with Crippen molar-refractivity contribution >= 4 is 29.0 Å². The molecule has 1 unspecified atom stereocenters. The maximum Gasteiger partial charge on any atom is 0.237 e. The highest BCUT2D eigenvalue weighted by Crippen LogP contribution is 2.27. The number of nitrogen functional groups attached to an aromatic ring is 1. The van der Waals surface area contributed by atoms with Crippen LogP contribution >= 0.6 is 11.8 Å². The molecule has 0 aliphatic carbocycles. The van der Waals surface area contributed by atoms with E-state index in [1.165, 1.54) is 17.8 Å². The van der Waals surface area contributed by atoms with Gasteiger partial charge in [0.05, 0.1) is 10.9 Å². The highest BCUT2D eigenvalue weighted by molar-refractivity contribution is 8.00. The normalized spacial score (nSPS) is 11.9. The van der Waals surface area contributed by atoms with E-state index in [9.17, 15) is 9.18 Å². The predicted molar refractivity (Wildman–Crippen MR) is 85.8 cm³/mol. The molecule has 2 rings (SSSR count). The molecule has 0 aliphatic rings. The lowest BCUT2D eigenvalue weighted by Crippen LogP contribution is -2.25. The predicted octanol–water partition coefficient (Wildman–Crippen LogP) is 3.92. The van der Waals surface area contributed by atoms with Gasteiger partial charge < -0.3 is 11.1 Å². The quantitative estimate of drug-likeness (QED) is 0.650. The number of para-hydroxylation sites is 1. The van der Waals surface area contributed by atoms with Gasteiger partial charge in [-0.05, 0) is 42.8 Å². The van der Waals surface area contributed by atoms with E-state index in [2.05, 4.69) is 5.32 Å². The molecule has 0 spiro atoms. The Morgan fingerprint density at radius 1 is 1.24 bits per heavy atom. The third-order valence-electron chi connectivity index (χ3n) is 2.95. The Morgan fingerprint density at radius 3 is 2.52 bits per heavy atom. The van der Waals surface area contributed by atoms with Crippen molar-refractivity contribution in [2.24, 2.45) is 0 Å². The van der Waals surface area contributed by atoms with Gasteiger partial charge in [0.15, 0.2) is 0 Å². The van der Waals surface area contributed by atoms with Crippen molar-refractivity contribution in [1.29, 1.82) is 0 Å². The van der Waals surface area contributed by atoms with Gasteiger partial charge in [0.1, 0.15) is 5.82 Å². The molecule has 5 heteroatoms. The molecular weight excluding hydrogens is 287 g/mol. The molecule has 3 N–H and O–H groups in total. The second-order valence-electron chi connectivity index (χ2n) is 4.55. The lowest BCUT2D eigenvalue weighted by Gasteiger charge is -2.15. The van der Waals surface area contributed by atoms with Crippen molar-refractivity contribution in [3.8, 4) is 0 Å². The van der Waals surface area contributed by atoms with Gasteiger partial charge in [0, 0.05) is 10.6 Å². The summed E-state index contributed by atoms with van der Waals surface area (Å²) in [5.41, 5.74) is 6.53. The van der Waals surface area contributed by atoms with Crippen LogP contribution in [0, 0.1) is 5.82 Å². The van der Waals surface area contributed by atoms with Crippen LogP contribution in [-0.4, -0.2) is 11.2 Å². The van der Waals surface area contributed by atoms with Crippen LogP contribution in [0.2, 0.25) is 0 Å². The number of rotatable bonds is 5. The Balaban J connectivity index is 2.05. The number of amides is 1. The van der Waals surface area contributed by atoms with Crippen molar-refractivity contribution in [1.82, 2.24) is 0 Å². The van der Waals surface area contributed by atoms with E-state index in [1.54, 1.807) is 30.3 Å². The molecule has 21 heavy (non-hydrogen) atoms. The summed E-state index contributed by atoms with van der Waals surface area (Å²) in [6, 6.07) is 13.5. The number of carbonyl (C=O) groups is 1. The smallest absolute Gasteiger partial charge is 0.237 e. The fraction of sp³-hybridized carbons (Fsp3) is 0.188. The van der Waals surface area contributed by atoms with Gasteiger partial charge in [-0.15, -0.1) is 11.8 Å². The van der Waals surface area contributed by atoms with E-state index in [4.69, 9.17) is 5.73 Å². The highest BCUT2D eigenvalue weighted by atomic mass is 32.2. The SMILES string of the molecule is CCC(Sc1ccc(N)cc1)C(=O)Nc1ccccc1F. The van der Waals surface area contributed by atoms with E-state index >= 15 is 0 Å². The molecule has 0 aromatic heterocycles. The van der Waals surface area contributed by atoms with Crippen LogP contribution in [0.15, 0.2) is 53.4 Å². The van der Waals surface area contributed by atoms with E-state index in [-0.39, 0.29) is 16.8 Å². The number of carbonyl (C=O) groups excluding carboxylic acids is 1. The van der Waals surface area contributed by atoms with Gasteiger partial charge in [0.25, 0.3) is 0 Å². The molecule has 2 aromatic rings. The van der Waals surface area contributed by atoms with Crippen LogP contribution in [0.1, 0.15) is 13.3 Å². The number of hydrogen-bond acceptors (Lipinski definition) is 3. The van der Waals surface area contributed by atoms with Crippen LogP contribution in [0.3, 0.4) is 0 Å². The van der Waals surface area contributed by atoms with E-state index in [1.807, 2.05) is 19.1 Å². The molecule has 1 atom stereocenters. The first-order valence-electron chi connectivity index (χ1n) is 6.67. The topological polar surface area (TPSA) is 55.1 Å². The summed E-state index contributed by atoms with van der Waals surface area (Å²) >= 11 is 1.44. The van der Waals surface area contributed by atoms with Crippen molar-refractivity contribution in [2.75, 3.05) is 11.1 Å². The summed E-state index contributed by atoms with van der Waals surface area (Å²) in [4.78, 5) is 13.2. The minimum Gasteiger partial charge on any atom is -0.399 e. The summed E-state index contributed by atoms with van der Waals surface area (Å²) in [6.07, 6.45) is 0.648. The minimum absolute atomic E-state index is 0.204. The van der Waals surface area contributed by atoms with Gasteiger partial charge in [-0.1, -0.05) is 19.1 Å². The summed E-state index contributed by atoms with van der Waals surface area (Å²) in [6.45, 7) is 1.93. The number of anilines is 2. The molecule has 0 aliphatic heterocycles. The molecular formula is C16H17FN2OS. The minimum atomic E-state index is -0.432. The number of thioether (sulfide) groups is 1. The summed E-state index contributed by atoms with van der Waals surface area (Å²) in [5, 5.41) is 2.35. The Bertz CT molecular complexity index is 616. The van der Waals surface area contributed by atoms with Gasteiger partial charge in [0.2, 0.25) is 5.91 Å². The first-order chi connectivity index (χ1) is 10.1. The zero-order valence-corrected chi connectivity index (χ0v) is 12.5. The van der Waals surface area contributed by atoms with Crippen molar-refractivity contribution in [3.63, 3.8) is 0 Å². The molecule has 0 saturated heterocycles. The second-order valence-corrected chi connectivity index (χ2v) is 5.83. The largest absolute Gasteiger partial charge is 0.399 e. The standard InChI is InChI=1S/C16H17FN2OS/c1-2-15(21-12-9-7-11(18)8-10-12)16(20)19-14-6-4-3-5-13(14)17/h3-10,15H,2,18H2,1H3,(H,19,20). The van der Waals surface area contributed by atoms with Crippen LogP contribution in [0.5, 0.6) is 0 Å².